The third kappa shape index (κ3) is 4.83. The number of amides is 1. The van der Waals surface area contributed by atoms with Crippen molar-refractivity contribution in [3.63, 3.8) is 0 Å². The molecular weight excluding hydrogens is 405 g/mol. The SMILES string of the molecule is CCC(C)(F)CN1CCC(C(=O)Nc2cc3cc(-c4cnc(C)n4C)ccc3cn2)CC1. The molecule has 1 saturated heterocycles. The number of anilines is 1. The van der Waals surface area contributed by atoms with Gasteiger partial charge in [0.15, 0.2) is 0 Å². The molecule has 6 nitrogen and oxygen atoms in total. The number of hydrogen-bond donors (Lipinski definition) is 1. The molecule has 1 atom stereocenters. The molecule has 7 heteroatoms. The van der Waals surface area contributed by atoms with Gasteiger partial charge in [-0.15, -0.1) is 0 Å². The van der Waals surface area contributed by atoms with Gasteiger partial charge in [0.25, 0.3) is 0 Å². The standard InChI is InChI=1S/C25H32FN5O/c1-5-25(3,26)16-31-10-8-18(9-11-31)24(32)29-23-13-21-12-19(6-7-20(21)14-28-23)22-15-27-17(2)30(22)4/h6-7,12-15,18H,5,8-11,16H2,1-4H3,(H,28,29,32). The molecule has 0 radical (unpaired) electrons. The molecule has 0 saturated carbocycles. The first-order valence-electron chi connectivity index (χ1n) is 11.4. The Kier molecular flexibility index (Phi) is 6.29. The molecule has 4 rings (SSSR count). The zero-order valence-corrected chi connectivity index (χ0v) is 19.4. The molecule has 1 unspecified atom stereocenters. The second-order valence-corrected chi connectivity index (χ2v) is 9.19. The number of carbonyl (C=O) groups is 1. The second kappa shape index (κ2) is 8.98. The van der Waals surface area contributed by atoms with Gasteiger partial charge in [0.05, 0.1) is 11.9 Å². The van der Waals surface area contributed by atoms with Crippen LogP contribution in [0.5, 0.6) is 0 Å². The lowest BCUT2D eigenvalue weighted by atomic mass is 9.94. The Hall–Kier alpha value is -2.80. The van der Waals surface area contributed by atoms with Crippen LogP contribution in [0, 0.1) is 12.8 Å². The van der Waals surface area contributed by atoms with E-state index in [-0.39, 0.29) is 11.8 Å². The van der Waals surface area contributed by atoms with E-state index in [1.807, 2.05) is 39.2 Å². The van der Waals surface area contributed by atoms with Crippen molar-refractivity contribution in [3.05, 3.63) is 42.5 Å². The first-order chi connectivity index (χ1) is 15.3. The minimum atomic E-state index is -1.17. The Morgan fingerprint density at radius 1 is 1.19 bits per heavy atom. The molecule has 1 fully saturated rings. The third-order valence-electron chi connectivity index (χ3n) is 6.74. The number of fused-ring (bicyclic) bond motifs is 1. The highest BCUT2D eigenvalue weighted by Gasteiger charge is 2.30. The lowest BCUT2D eigenvalue weighted by Crippen LogP contribution is -2.44. The molecule has 1 aliphatic heterocycles. The molecular formula is C25H32FN5O. The van der Waals surface area contributed by atoms with Crippen LogP contribution in [0.2, 0.25) is 0 Å². The molecule has 1 amide bonds. The highest BCUT2D eigenvalue weighted by atomic mass is 19.1. The number of nitrogens with one attached hydrogen (secondary N) is 1. The predicted molar refractivity (Wildman–Crippen MR) is 126 cm³/mol. The van der Waals surface area contributed by atoms with Gasteiger partial charge in [-0.1, -0.05) is 19.1 Å². The number of alkyl halides is 1. The molecule has 32 heavy (non-hydrogen) atoms. The summed E-state index contributed by atoms with van der Waals surface area (Å²) < 4.78 is 16.4. The fourth-order valence-corrected chi connectivity index (χ4v) is 4.30. The zero-order chi connectivity index (χ0) is 22.9. The summed E-state index contributed by atoms with van der Waals surface area (Å²) in [5, 5.41) is 5.03. The molecule has 2 aromatic heterocycles. The molecule has 1 aromatic carbocycles. The Labute approximate surface area is 188 Å². The fraction of sp³-hybridized carbons (Fsp3) is 0.480. The van der Waals surface area contributed by atoms with Crippen molar-refractivity contribution in [2.45, 2.75) is 45.7 Å². The van der Waals surface area contributed by atoms with Crippen molar-refractivity contribution in [2.75, 3.05) is 25.0 Å². The molecule has 170 valence electrons. The Bertz CT molecular complexity index is 1110. The number of pyridine rings is 1. The maximum Gasteiger partial charge on any atom is 0.228 e. The first kappa shape index (κ1) is 22.4. The number of piperidine rings is 1. The third-order valence-corrected chi connectivity index (χ3v) is 6.74. The number of aromatic nitrogens is 3. The van der Waals surface area contributed by atoms with E-state index in [0.29, 0.717) is 18.8 Å². The zero-order valence-electron chi connectivity index (χ0n) is 19.4. The van der Waals surface area contributed by atoms with Crippen LogP contribution in [0.1, 0.15) is 38.9 Å². The van der Waals surface area contributed by atoms with Crippen molar-refractivity contribution in [1.29, 1.82) is 0 Å². The summed E-state index contributed by atoms with van der Waals surface area (Å²) in [5.41, 5.74) is 0.950. The van der Waals surface area contributed by atoms with Gasteiger partial charge in [0.1, 0.15) is 17.3 Å². The van der Waals surface area contributed by atoms with Crippen LogP contribution in [-0.4, -0.2) is 50.6 Å². The minimum Gasteiger partial charge on any atom is -0.331 e. The highest BCUT2D eigenvalue weighted by Crippen LogP contribution is 2.27. The first-order valence-corrected chi connectivity index (χ1v) is 11.4. The van der Waals surface area contributed by atoms with Crippen LogP contribution in [0.4, 0.5) is 10.2 Å². The maximum absolute atomic E-state index is 14.3. The topological polar surface area (TPSA) is 63.1 Å². The molecule has 1 N–H and O–H groups in total. The minimum absolute atomic E-state index is 0.00610. The van der Waals surface area contributed by atoms with Gasteiger partial charge in [0, 0.05) is 36.7 Å². The van der Waals surface area contributed by atoms with Gasteiger partial charge in [-0.25, -0.2) is 14.4 Å². The van der Waals surface area contributed by atoms with E-state index in [1.54, 1.807) is 13.1 Å². The van der Waals surface area contributed by atoms with E-state index in [1.165, 1.54) is 0 Å². The number of imidazole rings is 1. The summed E-state index contributed by atoms with van der Waals surface area (Å²) in [5.74, 6) is 1.44. The van der Waals surface area contributed by atoms with E-state index in [0.717, 1.165) is 53.8 Å². The molecule has 0 aliphatic carbocycles. The average molecular weight is 438 g/mol. The van der Waals surface area contributed by atoms with Crippen LogP contribution < -0.4 is 5.32 Å². The van der Waals surface area contributed by atoms with Gasteiger partial charge in [-0.3, -0.25) is 4.79 Å². The summed E-state index contributed by atoms with van der Waals surface area (Å²) in [6.45, 7) is 7.43. The van der Waals surface area contributed by atoms with Crippen LogP contribution in [0.25, 0.3) is 22.0 Å². The second-order valence-electron chi connectivity index (χ2n) is 9.19. The molecule has 3 aromatic rings. The van der Waals surface area contributed by atoms with Crippen molar-refractivity contribution in [3.8, 4) is 11.3 Å². The monoisotopic (exact) mass is 437 g/mol. The number of likely N-dealkylation sites (tertiary alicyclic amines) is 1. The van der Waals surface area contributed by atoms with Gasteiger partial charge in [0.2, 0.25) is 5.91 Å². The number of halogens is 1. The van der Waals surface area contributed by atoms with Gasteiger partial charge in [-0.05, 0) is 63.7 Å². The summed E-state index contributed by atoms with van der Waals surface area (Å²) >= 11 is 0. The van der Waals surface area contributed by atoms with E-state index in [2.05, 4.69) is 36.9 Å². The van der Waals surface area contributed by atoms with E-state index < -0.39 is 5.67 Å². The molecule has 0 bridgehead atoms. The molecule has 3 heterocycles. The summed E-state index contributed by atoms with van der Waals surface area (Å²) in [6.07, 6.45) is 5.65. The van der Waals surface area contributed by atoms with Gasteiger partial charge in [-0.2, -0.15) is 0 Å². The number of carbonyl (C=O) groups excluding carboxylic acids is 1. The summed E-state index contributed by atoms with van der Waals surface area (Å²) in [4.78, 5) is 23.8. The van der Waals surface area contributed by atoms with E-state index in [9.17, 15) is 9.18 Å². The van der Waals surface area contributed by atoms with Gasteiger partial charge >= 0.3 is 0 Å². The summed E-state index contributed by atoms with van der Waals surface area (Å²) in [6, 6.07) is 8.12. The number of rotatable bonds is 6. The Morgan fingerprint density at radius 3 is 2.59 bits per heavy atom. The predicted octanol–water partition coefficient (Wildman–Crippen LogP) is 4.73. The Morgan fingerprint density at radius 2 is 1.94 bits per heavy atom. The normalized spacial score (nSPS) is 17.4. The number of aryl methyl sites for hydroxylation is 1. The van der Waals surface area contributed by atoms with Crippen LogP contribution in [-0.2, 0) is 11.8 Å². The smallest absolute Gasteiger partial charge is 0.228 e. The largest absolute Gasteiger partial charge is 0.331 e. The average Bonchev–Trinajstić information content (AvgIpc) is 3.11. The quantitative estimate of drug-likeness (QED) is 0.605. The lowest BCUT2D eigenvalue weighted by molar-refractivity contribution is -0.121. The fourth-order valence-electron chi connectivity index (χ4n) is 4.30. The highest BCUT2D eigenvalue weighted by molar-refractivity contribution is 5.95. The number of nitrogens with zero attached hydrogens (tertiary/aromatic N) is 4. The van der Waals surface area contributed by atoms with Crippen LogP contribution in [0.3, 0.4) is 0 Å². The molecule has 0 spiro atoms. The Balaban J connectivity index is 1.43. The van der Waals surface area contributed by atoms with Crippen molar-refractivity contribution in [2.24, 2.45) is 13.0 Å². The van der Waals surface area contributed by atoms with Crippen LogP contribution in [0.15, 0.2) is 36.7 Å². The molecule has 1 aliphatic rings. The van der Waals surface area contributed by atoms with Crippen molar-refractivity contribution >= 4 is 22.5 Å². The summed E-state index contributed by atoms with van der Waals surface area (Å²) in [7, 11) is 2.00. The number of benzene rings is 1. The van der Waals surface area contributed by atoms with E-state index >= 15 is 0 Å². The van der Waals surface area contributed by atoms with Gasteiger partial charge < -0.3 is 14.8 Å². The maximum atomic E-state index is 14.3. The number of hydrogen-bond acceptors (Lipinski definition) is 4. The van der Waals surface area contributed by atoms with Crippen molar-refractivity contribution < 1.29 is 9.18 Å². The van der Waals surface area contributed by atoms with Crippen molar-refractivity contribution in [1.82, 2.24) is 19.4 Å². The lowest BCUT2D eigenvalue weighted by Gasteiger charge is -2.34. The van der Waals surface area contributed by atoms with E-state index in [4.69, 9.17) is 0 Å². The van der Waals surface area contributed by atoms with Crippen LogP contribution >= 0.6 is 0 Å².